The molecule has 148 valence electrons. The molecule has 4 rings (SSSR count). The molecule has 0 atom stereocenters. The molecule has 2 aromatic carbocycles. The van der Waals surface area contributed by atoms with Crippen LogP contribution in [0.25, 0.3) is 22.4 Å². The summed E-state index contributed by atoms with van der Waals surface area (Å²) in [7, 11) is 4.61. The van der Waals surface area contributed by atoms with Crippen LogP contribution in [0.15, 0.2) is 51.3 Å². The van der Waals surface area contributed by atoms with Gasteiger partial charge in [0.25, 0.3) is 11.8 Å². The Hall–Kier alpha value is -4.01. The van der Waals surface area contributed by atoms with Gasteiger partial charge in [0.2, 0.25) is 0 Å². The van der Waals surface area contributed by atoms with Crippen molar-refractivity contribution < 1.29 is 27.8 Å². The molecule has 1 N–H and O–H groups in total. The van der Waals surface area contributed by atoms with Gasteiger partial charge in [0.1, 0.15) is 11.5 Å². The van der Waals surface area contributed by atoms with Crippen molar-refractivity contribution in [3.63, 3.8) is 0 Å². The summed E-state index contributed by atoms with van der Waals surface area (Å²) in [5.41, 5.74) is 1.01. The first-order valence-electron chi connectivity index (χ1n) is 8.56. The molecule has 9 nitrogen and oxygen atoms in total. The van der Waals surface area contributed by atoms with E-state index < -0.39 is 5.91 Å². The van der Waals surface area contributed by atoms with Crippen LogP contribution in [-0.4, -0.2) is 37.4 Å². The van der Waals surface area contributed by atoms with Gasteiger partial charge in [-0.2, -0.15) is 0 Å². The fourth-order valence-corrected chi connectivity index (χ4v) is 2.83. The Morgan fingerprint density at radius 3 is 2.52 bits per heavy atom. The molecule has 2 aromatic heterocycles. The number of nitrogens with zero attached hydrogens (tertiary/aromatic N) is 2. The number of carbonyl (C=O) groups is 1. The number of hydrogen-bond acceptors (Lipinski definition) is 8. The quantitative estimate of drug-likeness (QED) is 0.526. The minimum atomic E-state index is -0.531. The summed E-state index contributed by atoms with van der Waals surface area (Å²) in [6, 6.07) is 12.1. The van der Waals surface area contributed by atoms with Gasteiger partial charge in [0.15, 0.2) is 17.1 Å². The van der Waals surface area contributed by atoms with E-state index in [0.717, 1.165) is 5.39 Å². The molecule has 29 heavy (non-hydrogen) atoms. The zero-order chi connectivity index (χ0) is 20.4. The van der Waals surface area contributed by atoms with Gasteiger partial charge in [-0.25, -0.2) is 0 Å². The third-order valence-corrected chi connectivity index (χ3v) is 4.23. The van der Waals surface area contributed by atoms with Crippen LogP contribution in [0.5, 0.6) is 17.2 Å². The highest BCUT2D eigenvalue weighted by Crippen LogP contribution is 2.33. The van der Waals surface area contributed by atoms with E-state index in [1.165, 1.54) is 14.2 Å². The molecule has 0 saturated heterocycles. The van der Waals surface area contributed by atoms with Gasteiger partial charge in [0.05, 0.1) is 26.9 Å². The maximum atomic E-state index is 12.5. The van der Waals surface area contributed by atoms with Crippen LogP contribution < -0.4 is 19.5 Å². The first kappa shape index (κ1) is 18.4. The van der Waals surface area contributed by atoms with Crippen molar-refractivity contribution in [3.05, 3.63) is 48.2 Å². The van der Waals surface area contributed by atoms with Gasteiger partial charge < -0.3 is 23.0 Å². The number of para-hydroxylation sites is 1. The third kappa shape index (κ3) is 3.45. The van der Waals surface area contributed by atoms with Gasteiger partial charge in [-0.1, -0.05) is 17.2 Å². The SMILES string of the molecule is COc1ccc(OC)c(-c2nnc(NC(=O)c3cc4cccc(OC)c4o3)o2)c1. The zero-order valence-corrected chi connectivity index (χ0v) is 15.9. The van der Waals surface area contributed by atoms with Crippen molar-refractivity contribution in [2.24, 2.45) is 0 Å². The Kier molecular flexibility index (Phi) is 4.78. The molecule has 0 radical (unpaired) electrons. The number of fused-ring (bicyclic) bond motifs is 1. The van der Waals surface area contributed by atoms with Crippen LogP contribution in [0.4, 0.5) is 6.01 Å². The van der Waals surface area contributed by atoms with Gasteiger partial charge in [-0.05, 0) is 30.3 Å². The predicted octanol–water partition coefficient (Wildman–Crippen LogP) is 3.76. The van der Waals surface area contributed by atoms with Crippen molar-refractivity contribution in [2.75, 3.05) is 26.6 Å². The summed E-state index contributed by atoms with van der Waals surface area (Å²) >= 11 is 0. The standard InChI is InChI=1S/C20H17N3O6/c1-25-12-7-8-14(26-2)13(10-12)19-22-23-20(29-19)21-18(24)16-9-11-5-4-6-15(27-3)17(11)28-16/h4-10H,1-3H3,(H,21,23,24). The van der Waals surface area contributed by atoms with Crippen LogP contribution in [-0.2, 0) is 0 Å². The number of nitrogens with one attached hydrogen (secondary N) is 1. The maximum Gasteiger partial charge on any atom is 0.322 e. The largest absolute Gasteiger partial charge is 0.497 e. The van der Waals surface area contributed by atoms with E-state index in [1.807, 2.05) is 12.1 Å². The maximum absolute atomic E-state index is 12.5. The molecule has 0 bridgehead atoms. The third-order valence-electron chi connectivity index (χ3n) is 4.23. The second-order valence-corrected chi connectivity index (χ2v) is 5.92. The number of aromatic nitrogens is 2. The Balaban J connectivity index is 1.59. The second kappa shape index (κ2) is 7.55. The molecular weight excluding hydrogens is 378 g/mol. The fraction of sp³-hybridized carbons (Fsp3) is 0.150. The van der Waals surface area contributed by atoms with Crippen LogP contribution in [0, 0.1) is 0 Å². The molecular formula is C20H17N3O6. The van der Waals surface area contributed by atoms with Crippen molar-refractivity contribution >= 4 is 22.9 Å². The lowest BCUT2D eigenvalue weighted by Gasteiger charge is -2.07. The average Bonchev–Trinajstić information content (AvgIpc) is 3.40. The number of anilines is 1. The monoisotopic (exact) mass is 395 g/mol. The predicted molar refractivity (Wildman–Crippen MR) is 104 cm³/mol. The lowest BCUT2D eigenvalue weighted by Crippen LogP contribution is -2.10. The normalized spacial score (nSPS) is 10.7. The molecule has 1 amide bonds. The summed E-state index contributed by atoms with van der Waals surface area (Å²) < 4.78 is 27.0. The fourth-order valence-electron chi connectivity index (χ4n) is 2.83. The molecule has 0 saturated carbocycles. The lowest BCUT2D eigenvalue weighted by atomic mass is 10.2. The van der Waals surface area contributed by atoms with Crippen LogP contribution in [0.3, 0.4) is 0 Å². The molecule has 2 heterocycles. The summed E-state index contributed by atoms with van der Waals surface area (Å²) in [5, 5.41) is 11.1. The highest BCUT2D eigenvalue weighted by atomic mass is 16.5. The molecule has 0 aliphatic carbocycles. The number of benzene rings is 2. The smallest absolute Gasteiger partial charge is 0.322 e. The summed E-state index contributed by atoms with van der Waals surface area (Å²) in [4.78, 5) is 12.5. The first-order valence-corrected chi connectivity index (χ1v) is 8.56. The number of ether oxygens (including phenoxy) is 3. The van der Waals surface area contributed by atoms with E-state index in [2.05, 4.69) is 15.5 Å². The number of furan rings is 1. The second-order valence-electron chi connectivity index (χ2n) is 5.92. The van der Waals surface area contributed by atoms with E-state index in [1.54, 1.807) is 37.4 Å². The van der Waals surface area contributed by atoms with Gasteiger partial charge in [-0.3, -0.25) is 10.1 Å². The highest BCUT2D eigenvalue weighted by molar-refractivity contribution is 6.04. The minimum absolute atomic E-state index is 0.0812. The first-order chi connectivity index (χ1) is 14.1. The Bertz CT molecular complexity index is 1180. The average molecular weight is 395 g/mol. The topological polar surface area (TPSA) is 109 Å². The van der Waals surface area contributed by atoms with Crippen molar-refractivity contribution in [2.45, 2.75) is 0 Å². The van der Waals surface area contributed by atoms with Crippen LogP contribution in [0.2, 0.25) is 0 Å². The van der Waals surface area contributed by atoms with E-state index in [4.69, 9.17) is 23.0 Å². The van der Waals surface area contributed by atoms with Crippen LogP contribution >= 0.6 is 0 Å². The van der Waals surface area contributed by atoms with Crippen molar-refractivity contribution in [1.82, 2.24) is 10.2 Å². The number of hydrogen-bond donors (Lipinski definition) is 1. The number of carbonyl (C=O) groups excluding carboxylic acids is 1. The molecule has 4 aromatic rings. The molecule has 0 aliphatic rings. The van der Waals surface area contributed by atoms with E-state index in [9.17, 15) is 4.79 Å². The van der Waals surface area contributed by atoms with Crippen molar-refractivity contribution in [1.29, 1.82) is 0 Å². The molecule has 0 fully saturated rings. The van der Waals surface area contributed by atoms with E-state index in [-0.39, 0.29) is 17.7 Å². The molecule has 0 spiro atoms. The van der Waals surface area contributed by atoms with Gasteiger partial charge in [-0.15, -0.1) is 5.10 Å². The minimum Gasteiger partial charge on any atom is -0.497 e. The number of rotatable bonds is 6. The van der Waals surface area contributed by atoms with Gasteiger partial charge >= 0.3 is 6.01 Å². The molecule has 9 heteroatoms. The van der Waals surface area contributed by atoms with Gasteiger partial charge in [0, 0.05) is 5.39 Å². The highest BCUT2D eigenvalue weighted by Gasteiger charge is 2.19. The van der Waals surface area contributed by atoms with E-state index in [0.29, 0.717) is 28.4 Å². The molecule has 0 aliphatic heterocycles. The molecule has 0 unspecified atom stereocenters. The van der Waals surface area contributed by atoms with Crippen LogP contribution in [0.1, 0.15) is 10.6 Å². The summed E-state index contributed by atoms with van der Waals surface area (Å²) in [6.45, 7) is 0. The Labute approximate surface area is 165 Å². The number of amides is 1. The summed E-state index contributed by atoms with van der Waals surface area (Å²) in [5.74, 6) is 1.38. The van der Waals surface area contributed by atoms with E-state index >= 15 is 0 Å². The van der Waals surface area contributed by atoms with Crippen molar-refractivity contribution in [3.8, 4) is 28.7 Å². The number of methoxy groups -OCH3 is 3. The summed E-state index contributed by atoms with van der Waals surface area (Å²) in [6.07, 6.45) is 0. The Morgan fingerprint density at radius 1 is 0.931 bits per heavy atom. The Morgan fingerprint density at radius 2 is 1.76 bits per heavy atom. The lowest BCUT2D eigenvalue weighted by molar-refractivity contribution is 0.0995. The zero-order valence-electron chi connectivity index (χ0n) is 15.9.